The summed E-state index contributed by atoms with van der Waals surface area (Å²) in [5.74, 6) is -0.689. The zero-order valence-electron chi connectivity index (χ0n) is 13.0. The van der Waals surface area contributed by atoms with Crippen LogP contribution in [-0.2, 0) is 9.53 Å². The predicted octanol–water partition coefficient (Wildman–Crippen LogP) is 3.34. The van der Waals surface area contributed by atoms with Gasteiger partial charge in [-0.15, -0.1) is 11.8 Å². The van der Waals surface area contributed by atoms with E-state index in [0.717, 1.165) is 17.8 Å². The molecule has 25 heavy (non-hydrogen) atoms. The molecule has 0 spiro atoms. The molecule has 0 amide bonds. The van der Waals surface area contributed by atoms with Crippen molar-refractivity contribution in [3.63, 3.8) is 0 Å². The van der Waals surface area contributed by atoms with E-state index in [9.17, 15) is 20.2 Å². The maximum Gasteiger partial charge on any atom is 0.323 e. The summed E-state index contributed by atoms with van der Waals surface area (Å²) in [6.45, 7) is 0. The van der Waals surface area contributed by atoms with Crippen molar-refractivity contribution in [3.05, 3.63) is 69.3 Å². The fraction of sp³-hybridized carbons (Fsp3) is 0.118. The van der Waals surface area contributed by atoms with Gasteiger partial charge in [0, 0.05) is 11.0 Å². The second kappa shape index (κ2) is 7.95. The third-order valence-electron chi connectivity index (χ3n) is 3.30. The van der Waals surface area contributed by atoms with Crippen LogP contribution in [0.1, 0.15) is 21.9 Å². The van der Waals surface area contributed by atoms with Crippen LogP contribution >= 0.6 is 11.8 Å². The van der Waals surface area contributed by atoms with Crippen molar-refractivity contribution in [2.24, 2.45) is 0 Å². The summed E-state index contributed by atoms with van der Waals surface area (Å²) < 4.78 is 4.77. The third kappa shape index (κ3) is 3.94. The Hall–Kier alpha value is -3.36. The maximum absolute atomic E-state index is 12.2. The molecule has 0 aliphatic heterocycles. The third-order valence-corrected chi connectivity index (χ3v) is 4.53. The summed E-state index contributed by atoms with van der Waals surface area (Å²) in [6.07, 6.45) is 0. The minimum atomic E-state index is -1.05. The Morgan fingerprint density at radius 1 is 1.20 bits per heavy atom. The summed E-state index contributed by atoms with van der Waals surface area (Å²) in [6, 6.07) is 14.6. The Bertz CT molecular complexity index is 901. The molecule has 8 heteroatoms. The average molecular weight is 353 g/mol. The first kappa shape index (κ1) is 18.0. The highest BCUT2D eigenvalue weighted by Gasteiger charge is 2.31. The molecule has 0 bridgehead atoms. The molecule has 2 rings (SSSR count). The number of nitro groups is 1. The van der Waals surface area contributed by atoms with Gasteiger partial charge in [0.1, 0.15) is 17.4 Å². The Morgan fingerprint density at radius 2 is 1.80 bits per heavy atom. The van der Waals surface area contributed by atoms with Crippen LogP contribution in [0.4, 0.5) is 5.69 Å². The minimum absolute atomic E-state index is 0.0150. The second-order valence-corrected chi connectivity index (χ2v) is 5.95. The van der Waals surface area contributed by atoms with Crippen LogP contribution in [0.15, 0.2) is 47.4 Å². The van der Waals surface area contributed by atoms with Crippen molar-refractivity contribution in [2.45, 2.75) is 10.1 Å². The Labute approximate surface area is 147 Å². The van der Waals surface area contributed by atoms with Gasteiger partial charge >= 0.3 is 5.97 Å². The number of carbonyl (C=O) groups is 1. The first-order chi connectivity index (χ1) is 12.0. The molecular formula is C17H11N3O4S. The number of esters is 1. The van der Waals surface area contributed by atoms with Gasteiger partial charge in [-0.25, -0.2) is 0 Å². The number of nitriles is 2. The SMILES string of the molecule is COC(=O)C(Sc1ccccc1)c1cc(C#N)c(C#N)cc1[N+](=O)[O-]. The fourth-order valence-electron chi connectivity index (χ4n) is 2.14. The van der Waals surface area contributed by atoms with Crippen molar-refractivity contribution < 1.29 is 14.5 Å². The smallest absolute Gasteiger partial charge is 0.323 e. The van der Waals surface area contributed by atoms with Crippen LogP contribution in [0.25, 0.3) is 0 Å². The summed E-state index contributed by atoms with van der Waals surface area (Å²) in [5.41, 5.74) is -0.549. The zero-order chi connectivity index (χ0) is 18.4. The van der Waals surface area contributed by atoms with Crippen molar-refractivity contribution in [3.8, 4) is 12.1 Å². The minimum Gasteiger partial charge on any atom is -0.468 e. The molecule has 0 aromatic heterocycles. The largest absolute Gasteiger partial charge is 0.468 e. The van der Waals surface area contributed by atoms with E-state index in [4.69, 9.17) is 10.00 Å². The van der Waals surface area contributed by atoms with Crippen LogP contribution in [0, 0.1) is 32.8 Å². The van der Waals surface area contributed by atoms with Gasteiger partial charge in [0.15, 0.2) is 0 Å². The highest BCUT2D eigenvalue weighted by Crippen LogP contribution is 2.41. The highest BCUT2D eigenvalue weighted by atomic mass is 32.2. The van der Waals surface area contributed by atoms with E-state index >= 15 is 0 Å². The van der Waals surface area contributed by atoms with Crippen molar-refractivity contribution in [1.82, 2.24) is 0 Å². The lowest BCUT2D eigenvalue weighted by Gasteiger charge is -2.15. The monoisotopic (exact) mass is 353 g/mol. The number of hydrogen-bond donors (Lipinski definition) is 0. The van der Waals surface area contributed by atoms with Gasteiger partial charge in [-0.2, -0.15) is 10.5 Å². The van der Waals surface area contributed by atoms with Gasteiger partial charge in [0.25, 0.3) is 5.69 Å². The van der Waals surface area contributed by atoms with Crippen molar-refractivity contribution >= 4 is 23.4 Å². The van der Waals surface area contributed by atoms with Crippen LogP contribution in [0.5, 0.6) is 0 Å². The summed E-state index contributed by atoms with van der Waals surface area (Å²) >= 11 is 1.07. The number of hydrogen-bond acceptors (Lipinski definition) is 7. The number of carbonyl (C=O) groups excluding carboxylic acids is 1. The molecule has 7 nitrogen and oxygen atoms in total. The Kier molecular flexibility index (Phi) is 5.72. The molecular weight excluding hydrogens is 342 g/mol. The number of rotatable bonds is 5. The van der Waals surface area contributed by atoms with Gasteiger partial charge in [-0.3, -0.25) is 14.9 Å². The van der Waals surface area contributed by atoms with E-state index in [2.05, 4.69) is 0 Å². The van der Waals surface area contributed by atoms with Gasteiger partial charge in [-0.05, 0) is 18.2 Å². The molecule has 1 atom stereocenters. The maximum atomic E-state index is 12.2. The van der Waals surface area contributed by atoms with E-state index in [1.54, 1.807) is 36.4 Å². The van der Waals surface area contributed by atoms with Crippen LogP contribution in [-0.4, -0.2) is 18.0 Å². The van der Waals surface area contributed by atoms with E-state index in [1.807, 2.05) is 6.07 Å². The Balaban J connectivity index is 2.64. The normalized spacial score (nSPS) is 11.0. The topological polar surface area (TPSA) is 117 Å². The zero-order valence-corrected chi connectivity index (χ0v) is 13.8. The van der Waals surface area contributed by atoms with Crippen LogP contribution in [0.2, 0.25) is 0 Å². The first-order valence-electron chi connectivity index (χ1n) is 6.94. The van der Waals surface area contributed by atoms with E-state index in [0.29, 0.717) is 4.90 Å². The summed E-state index contributed by atoms with van der Waals surface area (Å²) in [5, 5.41) is 28.6. The molecule has 0 heterocycles. The molecule has 0 aliphatic rings. The molecule has 124 valence electrons. The molecule has 2 aromatic rings. The van der Waals surface area contributed by atoms with Crippen LogP contribution in [0.3, 0.4) is 0 Å². The number of benzene rings is 2. The molecule has 1 unspecified atom stereocenters. The molecule has 0 aliphatic carbocycles. The summed E-state index contributed by atoms with van der Waals surface area (Å²) in [7, 11) is 1.18. The molecule has 0 saturated carbocycles. The standard InChI is InChI=1S/C17H11N3O4S/c1-24-17(21)16(25-13-5-3-2-4-6-13)14-7-11(9-18)12(10-19)8-15(14)20(22)23/h2-8,16H,1H3. The van der Waals surface area contributed by atoms with Crippen LogP contribution < -0.4 is 0 Å². The second-order valence-electron chi connectivity index (χ2n) is 4.77. The predicted molar refractivity (Wildman–Crippen MR) is 89.6 cm³/mol. The average Bonchev–Trinajstić information content (AvgIpc) is 2.65. The molecule has 0 N–H and O–H groups in total. The van der Waals surface area contributed by atoms with Gasteiger partial charge in [-0.1, -0.05) is 18.2 Å². The number of thioether (sulfide) groups is 1. The number of methoxy groups -OCH3 is 1. The van der Waals surface area contributed by atoms with E-state index in [1.165, 1.54) is 13.2 Å². The van der Waals surface area contributed by atoms with Crippen molar-refractivity contribution in [2.75, 3.05) is 7.11 Å². The Morgan fingerprint density at radius 3 is 2.32 bits per heavy atom. The molecule has 0 radical (unpaired) electrons. The van der Waals surface area contributed by atoms with Gasteiger partial charge < -0.3 is 4.74 Å². The number of ether oxygens (including phenoxy) is 1. The molecule has 0 saturated heterocycles. The summed E-state index contributed by atoms with van der Waals surface area (Å²) in [4.78, 5) is 23.7. The van der Waals surface area contributed by atoms with E-state index < -0.39 is 21.8 Å². The van der Waals surface area contributed by atoms with Crippen molar-refractivity contribution in [1.29, 1.82) is 10.5 Å². The fourth-order valence-corrected chi connectivity index (χ4v) is 3.23. The quantitative estimate of drug-likeness (QED) is 0.350. The lowest BCUT2D eigenvalue weighted by Crippen LogP contribution is -2.13. The van der Waals surface area contributed by atoms with E-state index in [-0.39, 0.29) is 16.7 Å². The van der Waals surface area contributed by atoms with Gasteiger partial charge in [0.2, 0.25) is 0 Å². The highest BCUT2D eigenvalue weighted by molar-refractivity contribution is 8.00. The molecule has 2 aromatic carbocycles. The van der Waals surface area contributed by atoms with Gasteiger partial charge in [0.05, 0.1) is 28.7 Å². The molecule has 0 fully saturated rings. The lowest BCUT2D eigenvalue weighted by atomic mass is 10.0. The number of nitro benzene ring substituents is 1. The first-order valence-corrected chi connectivity index (χ1v) is 7.81. The number of nitrogens with zero attached hydrogens (tertiary/aromatic N) is 3. The lowest BCUT2D eigenvalue weighted by molar-refractivity contribution is -0.385.